The van der Waals surface area contributed by atoms with Gasteiger partial charge in [0.15, 0.2) is 18.0 Å². The molecule has 1 aliphatic rings. The molecule has 0 unspecified atom stereocenters. The Kier molecular flexibility index (Phi) is 8.68. The molecule has 0 spiro atoms. The maximum absolute atomic E-state index is 11.8. The van der Waals surface area contributed by atoms with Crippen LogP contribution in [0.5, 0.6) is 5.75 Å². The average Bonchev–Trinajstić information content (AvgIpc) is 2.70. The number of carbonyl (C=O) groups is 4. The number of hydrogen-bond acceptors (Lipinski definition) is 12. The minimum Gasteiger partial charge on any atom is -0.463 e. The maximum Gasteiger partial charge on any atom is 0.311 e. The molecule has 5 atom stereocenters. The summed E-state index contributed by atoms with van der Waals surface area (Å²) < 4.78 is 32.1. The van der Waals surface area contributed by atoms with Gasteiger partial charge in [0, 0.05) is 33.8 Å². The van der Waals surface area contributed by atoms with Crippen LogP contribution in [0.4, 0.5) is 5.69 Å². The van der Waals surface area contributed by atoms with Crippen LogP contribution in [0, 0.1) is 10.1 Å². The smallest absolute Gasteiger partial charge is 0.311 e. The largest absolute Gasteiger partial charge is 0.463 e. The van der Waals surface area contributed by atoms with Crippen LogP contribution in [0.3, 0.4) is 0 Å². The molecule has 0 bridgehead atoms. The van der Waals surface area contributed by atoms with E-state index in [1.54, 1.807) is 0 Å². The second kappa shape index (κ2) is 11.2. The highest BCUT2D eigenvalue weighted by Crippen LogP contribution is 2.34. The summed E-state index contributed by atoms with van der Waals surface area (Å²) in [6.07, 6.45) is -7.10. The summed E-state index contributed by atoms with van der Waals surface area (Å²) in [5, 5.41) is 11.4. The van der Waals surface area contributed by atoms with Crippen molar-refractivity contribution in [1.82, 2.24) is 0 Å². The quantitative estimate of drug-likeness (QED) is 0.230. The van der Waals surface area contributed by atoms with Crippen molar-refractivity contribution in [3.8, 4) is 5.75 Å². The van der Waals surface area contributed by atoms with Gasteiger partial charge in [0.05, 0.1) is 4.92 Å². The van der Waals surface area contributed by atoms with E-state index in [1.807, 2.05) is 0 Å². The Labute approximate surface area is 188 Å². The number of ether oxygens (including phenoxy) is 6. The van der Waals surface area contributed by atoms with Crippen molar-refractivity contribution in [3.05, 3.63) is 34.4 Å². The monoisotopic (exact) mass is 469 g/mol. The molecule has 0 aliphatic carbocycles. The third kappa shape index (κ3) is 7.14. The summed E-state index contributed by atoms with van der Waals surface area (Å²) in [4.78, 5) is 57.3. The number of nitrogens with zero attached hydrogens (tertiary/aromatic N) is 1. The lowest BCUT2D eigenvalue weighted by molar-refractivity contribution is -0.387. The van der Waals surface area contributed by atoms with E-state index in [-0.39, 0.29) is 5.75 Å². The highest BCUT2D eigenvalue weighted by atomic mass is 16.7. The number of nitro groups is 1. The number of hydrogen-bond donors (Lipinski definition) is 0. The highest BCUT2D eigenvalue weighted by molar-refractivity contribution is 5.68. The second-order valence-corrected chi connectivity index (χ2v) is 6.91. The van der Waals surface area contributed by atoms with Crippen LogP contribution in [0.25, 0.3) is 0 Å². The summed E-state index contributed by atoms with van der Waals surface area (Å²) >= 11 is 0. The minimum atomic E-state index is -1.56. The molecule has 1 fully saturated rings. The minimum absolute atomic E-state index is 0.233. The lowest BCUT2D eigenvalue weighted by atomic mass is 9.98. The van der Waals surface area contributed by atoms with Crippen LogP contribution in [0.2, 0.25) is 0 Å². The molecule has 13 nitrogen and oxygen atoms in total. The van der Waals surface area contributed by atoms with Crippen LogP contribution in [-0.4, -0.2) is 66.1 Å². The van der Waals surface area contributed by atoms with Crippen molar-refractivity contribution in [2.45, 2.75) is 58.4 Å². The first kappa shape index (κ1) is 25.5. The molecule has 180 valence electrons. The van der Waals surface area contributed by atoms with Crippen LogP contribution >= 0.6 is 0 Å². The molecule has 0 radical (unpaired) electrons. The number of carbonyl (C=O) groups excluding carboxylic acids is 4. The fraction of sp³-hybridized carbons (Fsp3) is 0.500. The number of para-hydroxylation sites is 2. The van der Waals surface area contributed by atoms with E-state index < -0.39 is 71.8 Å². The average molecular weight is 469 g/mol. The Morgan fingerprint density at radius 2 is 1.42 bits per heavy atom. The summed E-state index contributed by atoms with van der Waals surface area (Å²) in [5.74, 6) is -3.33. The summed E-state index contributed by atoms with van der Waals surface area (Å²) in [7, 11) is 0. The first-order valence-electron chi connectivity index (χ1n) is 9.70. The van der Waals surface area contributed by atoms with Crippen molar-refractivity contribution in [2.24, 2.45) is 0 Å². The number of esters is 4. The van der Waals surface area contributed by atoms with Gasteiger partial charge in [-0.2, -0.15) is 0 Å². The zero-order chi connectivity index (χ0) is 24.7. The highest BCUT2D eigenvalue weighted by Gasteiger charge is 2.53. The Hall–Kier alpha value is -3.74. The van der Waals surface area contributed by atoms with Gasteiger partial charge in [-0.05, 0) is 6.07 Å². The molecule has 1 aliphatic heterocycles. The third-order valence-corrected chi connectivity index (χ3v) is 4.25. The predicted octanol–water partition coefficient (Wildman–Crippen LogP) is 1.06. The molecule has 1 saturated heterocycles. The molecular formula is C20H23NO12. The van der Waals surface area contributed by atoms with Gasteiger partial charge in [-0.1, -0.05) is 12.1 Å². The summed E-state index contributed by atoms with van der Waals surface area (Å²) in [5.41, 5.74) is -0.412. The molecule has 1 aromatic rings. The van der Waals surface area contributed by atoms with Crippen LogP contribution in [0.1, 0.15) is 27.7 Å². The second-order valence-electron chi connectivity index (χ2n) is 6.91. The van der Waals surface area contributed by atoms with E-state index in [9.17, 15) is 29.3 Å². The van der Waals surface area contributed by atoms with Crippen LogP contribution in [0.15, 0.2) is 24.3 Å². The zero-order valence-corrected chi connectivity index (χ0v) is 18.2. The Morgan fingerprint density at radius 1 is 0.879 bits per heavy atom. The number of benzene rings is 1. The number of rotatable bonds is 8. The molecule has 0 amide bonds. The van der Waals surface area contributed by atoms with E-state index in [0.29, 0.717) is 0 Å². The van der Waals surface area contributed by atoms with E-state index in [2.05, 4.69) is 0 Å². The van der Waals surface area contributed by atoms with Crippen molar-refractivity contribution >= 4 is 29.6 Å². The molecule has 2 rings (SSSR count). The van der Waals surface area contributed by atoms with Gasteiger partial charge in [-0.15, -0.1) is 0 Å². The van der Waals surface area contributed by atoms with Gasteiger partial charge in [0.25, 0.3) is 0 Å². The lowest BCUT2D eigenvalue weighted by Crippen LogP contribution is -2.63. The molecule has 13 heteroatoms. The molecular weight excluding hydrogens is 446 g/mol. The Balaban J connectivity index is 2.51. The van der Waals surface area contributed by atoms with Crippen LogP contribution < -0.4 is 4.74 Å². The maximum atomic E-state index is 11.8. The molecule has 1 aromatic carbocycles. The standard InChI is InChI=1S/C20H23NO12/c1-10(22)28-9-16-17(29-11(2)23)18(30-12(3)24)19(31-13(4)25)20(33-16)32-15-8-6-5-7-14(15)21(26)27/h5-8,16-20H,9H2,1-4H3/t16-,17+,18-,19-,20-/m0/s1. The molecule has 1 heterocycles. The summed E-state index contributed by atoms with van der Waals surface area (Å²) in [6.45, 7) is 3.91. The summed E-state index contributed by atoms with van der Waals surface area (Å²) in [6, 6.07) is 5.35. The van der Waals surface area contributed by atoms with Gasteiger partial charge in [-0.3, -0.25) is 29.3 Å². The molecule has 33 heavy (non-hydrogen) atoms. The first-order chi connectivity index (χ1) is 15.5. The van der Waals surface area contributed by atoms with Crippen molar-refractivity contribution in [3.63, 3.8) is 0 Å². The van der Waals surface area contributed by atoms with Gasteiger partial charge in [0.1, 0.15) is 12.7 Å². The van der Waals surface area contributed by atoms with Gasteiger partial charge in [-0.25, -0.2) is 0 Å². The van der Waals surface area contributed by atoms with Gasteiger partial charge < -0.3 is 28.4 Å². The van der Waals surface area contributed by atoms with Crippen LogP contribution in [-0.2, 0) is 42.9 Å². The van der Waals surface area contributed by atoms with Crippen molar-refractivity contribution in [2.75, 3.05) is 6.61 Å². The normalized spacial score (nSPS) is 24.2. The van der Waals surface area contributed by atoms with Gasteiger partial charge >= 0.3 is 29.6 Å². The molecule has 0 aromatic heterocycles. The molecule has 0 saturated carbocycles. The van der Waals surface area contributed by atoms with E-state index >= 15 is 0 Å². The lowest BCUT2D eigenvalue weighted by Gasteiger charge is -2.43. The van der Waals surface area contributed by atoms with E-state index in [0.717, 1.165) is 27.7 Å². The Bertz CT molecular complexity index is 916. The SMILES string of the molecule is CC(=O)OC[C@@H]1O[C@H](Oc2ccccc2[N+](=O)[O-])[C@@H](OC(C)=O)[C@@H](OC(C)=O)[C@@H]1OC(C)=O. The van der Waals surface area contributed by atoms with Crippen molar-refractivity contribution < 1.29 is 52.5 Å². The third-order valence-electron chi connectivity index (χ3n) is 4.25. The topological polar surface area (TPSA) is 167 Å². The molecule has 0 N–H and O–H groups in total. The van der Waals surface area contributed by atoms with Crippen molar-refractivity contribution in [1.29, 1.82) is 0 Å². The van der Waals surface area contributed by atoms with Gasteiger partial charge in [0.2, 0.25) is 12.4 Å². The first-order valence-corrected chi connectivity index (χ1v) is 9.70. The van der Waals surface area contributed by atoms with E-state index in [1.165, 1.54) is 24.3 Å². The Morgan fingerprint density at radius 3 is 1.97 bits per heavy atom. The zero-order valence-electron chi connectivity index (χ0n) is 18.2. The fourth-order valence-corrected chi connectivity index (χ4v) is 3.12. The van der Waals surface area contributed by atoms with E-state index in [4.69, 9.17) is 28.4 Å². The number of nitro benzene ring substituents is 1. The fourth-order valence-electron chi connectivity index (χ4n) is 3.12. The predicted molar refractivity (Wildman–Crippen MR) is 106 cm³/mol.